The number of amides is 2. The number of nitrogens with zero attached hydrogens (tertiary/aromatic N) is 2. The zero-order chi connectivity index (χ0) is 23.4. The minimum atomic E-state index is -1.07. The van der Waals surface area contributed by atoms with Crippen molar-refractivity contribution in [1.29, 1.82) is 0 Å². The number of para-hydroxylation sites is 1. The summed E-state index contributed by atoms with van der Waals surface area (Å²) in [4.78, 5) is 34.7. The summed E-state index contributed by atoms with van der Waals surface area (Å²) in [5, 5.41) is 1.12. The fraction of sp³-hybridized carbons (Fsp3) is 0.241. The maximum atomic E-state index is 14.1. The number of nitrogens with one attached hydrogen (secondary N) is 1. The Hall–Kier alpha value is -3.86. The lowest BCUT2D eigenvalue weighted by atomic mass is 9.76. The van der Waals surface area contributed by atoms with E-state index in [1.54, 1.807) is 9.80 Å². The Morgan fingerprint density at radius 3 is 2.41 bits per heavy atom. The molecule has 0 aliphatic carbocycles. The van der Waals surface area contributed by atoms with E-state index >= 15 is 0 Å². The van der Waals surface area contributed by atoms with Gasteiger partial charge in [-0.1, -0.05) is 78.4 Å². The van der Waals surface area contributed by atoms with Gasteiger partial charge in [0.15, 0.2) is 5.54 Å². The van der Waals surface area contributed by atoms with Crippen LogP contribution < -0.4 is 0 Å². The molecule has 170 valence electrons. The third-order valence-electron chi connectivity index (χ3n) is 7.51. The van der Waals surface area contributed by atoms with Gasteiger partial charge in [0, 0.05) is 29.9 Å². The molecule has 3 heterocycles. The van der Waals surface area contributed by atoms with Gasteiger partial charge in [-0.15, -0.1) is 0 Å². The van der Waals surface area contributed by atoms with Crippen LogP contribution in [0.15, 0.2) is 78.9 Å². The topological polar surface area (TPSA) is 56.4 Å². The molecule has 0 saturated carbocycles. The number of piperazine rings is 1. The average Bonchev–Trinajstić information content (AvgIpc) is 3.25. The number of aromatic amines is 1. The van der Waals surface area contributed by atoms with Crippen LogP contribution in [0.5, 0.6) is 0 Å². The highest BCUT2D eigenvalue weighted by atomic mass is 16.2. The zero-order valence-electron chi connectivity index (χ0n) is 19.4. The third kappa shape index (κ3) is 3.00. The molecule has 0 spiro atoms. The molecule has 1 aromatic heterocycles. The molecule has 2 amide bonds. The predicted molar refractivity (Wildman–Crippen MR) is 132 cm³/mol. The Balaban J connectivity index is 1.52. The van der Waals surface area contributed by atoms with E-state index in [1.165, 1.54) is 5.56 Å². The van der Waals surface area contributed by atoms with Crippen LogP contribution >= 0.6 is 0 Å². The first kappa shape index (κ1) is 20.7. The zero-order valence-corrected chi connectivity index (χ0v) is 19.4. The van der Waals surface area contributed by atoms with Gasteiger partial charge in [-0.3, -0.25) is 9.59 Å². The van der Waals surface area contributed by atoms with Gasteiger partial charge in [0.1, 0.15) is 6.54 Å². The standard InChI is InChI=1S/C29H27N3O2/c1-19-12-14-21(15-13-19)23-17-32-25(33)18-31(16-20-8-4-3-5-9-20)28(34)29(32,2)27-26(23)22-10-6-7-11-24(22)30-27/h3-15,23,30H,16-18H2,1-2H3. The van der Waals surface area contributed by atoms with E-state index in [1.807, 2.05) is 55.5 Å². The van der Waals surface area contributed by atoms with Crippen molar-refractivity contribution < 1.29 is 9.59 Å². The van der Waals surface area contributed by atoms with Crippen molar-refractivity contribution in [1.82, 2.24) is 14.8 Å². The summed E-state index contributed by atoms with van der Waals surface area (Å²) in [7, 11) is 0. The number of aryl methyl sites for hydroxylation is 1. The molecule has 2 unspecified atom stereocenters. The number of fused-ring (bicyclic) bond motifs is 5. The maximum Gasteiger partial charge on any atom is 0.255 e. The molecule has 2 aliphatic rings. The van der Waals surface area contributed by atoms with E-state index in [4.69, 9.17) is 0 Å². The van der Waals surface area contributed by atoms with Gasteiger partial charge in [-0.05, 0) is 36.6 Å². The molecular formula is C29H27N3O2. The molecule has 3 aromatic carbocycles. The van der Waals surface area contributed by atoms with Crippen molar-refractivity contribution in [2.24, 2.45) is 0 Å². The summed E-state index contributed by atoms with van der Waals surface area (Å²) in [6.45, 7) is 4.99. The van der Waals surface area contributed by atoms with Gasteiger partial charge in [0.2, 0.25) is 5.91 Å². The van der Waals surface area contributed by atoms with Crippen molar-refractivity contribution in [3.63, 3.8) is 0 Å². The van der Waals surface area contributed by atoms with Gasteiger partial charge >= 0.3 is 0 Å². The summed E-state index contributed by atoms with van der Waals surface area (Å²) in [5.41, 5.74) is 5.26. The Kier molecular flexibility index (Phi) is 4.63. The summed E-state index contributed by atoms with van der Waals surface area (Å²) >= 11 is 0. The smallest absolute Gasteiger partial charge is 0.255 e. The van der Waals surface area contributed by atoms with Crippen LogP contribution in [0.2, 0.25) is 0 Å². The van der Waals surface area contributed by atoms with Crippen LogP contribution in [0.1, 0.15) is 40.8 Å². The minimum Gasteiger partial charge on any atom is -0.356 e. The molecule has 5 nitrogen and oxygen atoms in total. The lowest BCUT2D eigenvalue weighted by molar-refractivity contribution is -0.166. The van der Waals surface area contributed by atoms with Crippen LogP contribution in [0.4, 0.5) is 0 Å². The molecule has 34 heavy (non-hydrogen) atoms. The van der Waals surface area contributed by atoms with Crippen LogP contribution in [0.25, 0.3) is 10.9 Å². The fourth-order valence-corrected chi connectivity index (χ4v) is 5.71. The number of hydrogen-bond acceptors (Lipinski definition) is 2. The Morgan fingerprint density at radius 2 is 1.65 bits per heavy atom. The van der Waals surface area contributed by atoms with Crippen LogP contribution in [0, 0.1) is 6.92 Å². The van der Waals surface area contributed by atoms with Crippen LogP contribution in [-0.2, 0) is 21.7 Å². The quantitative estimate of drug-likeness (QED) is 0.493. The van der Waals surface area contributed by atoms with Gasteiger partial charge < -0.3 is 14.8 Å². The molecule has 4 aromatic rings. The molecule has 5 heteroatoms. The first-order valence-corrected chi connectivity index (χ1v) is 11.8. The molecular weight excluding hydrogens is 422 g/mol. The molecule has 1 N–H and O–H groups in total. The van der Waals surface area contributed by atoms with E-state index in [0.29, 0.717) is 13.1 Å². The van der Waals surface area contributed by atoms with Crippen LogP contribution in [0.3, 0.4) is 0 Å². The second-order valence-corrected chi connectivity index (χ2v) is 9.65. The maximum absolute atomic E-state index is 14.1. The van der Waals surface area contributed by atoms with E-state index in [-0.39, 0.29) is 24.3 Å². The van der Waals surface area contributed by atoms with Crippen molar-refractivity contribution in [2.45, 2.75) is 31.8 Å². The van der Waals surface area contributed by atoms with Crippen LogP contribution in [-0.4, -0.2) is 39.7 Å². The van der Waals surface area contributed by atoms with Gasteiger partial charge in [0.05, 0.1) is 5.69 Å². The lowest BCUT2D eigenvalue weighted by Gasteiger charge is -2.51. The minimum absolute atomic E-state index is 0.00255. The highest BCUT2D eigenvalue weighted by Gasteiger charge is 2.56. The Bertz CT molecular complexity index is 1410. The Morgan fingerprint density at radius 1 is 0.941 bits per heavy atom. The monoisotopic (exact) mass is 449 g/mol. The van der Waals surface area contributed by atoms with Crippen molar-refractivity contribution in [3.8, 4) is 0 Å². The first-order valence-electron chi connectivity index (χ1n) is 11.8. The predicted octanol–water partition coefficient (Wildman–Crippen LogP) is 4.71. The molecule has 1 fully saturated rings. The molecule has 1 saturated heterocycles. The van der Waals surface area contributed by atoms with E-state index in [9.17, 15) is 9.59 Å². The average molecular weight is 450 g/mol. The molecule has 0 radical (unpaired) electrons. The third-order valence-corrected chi connectivity index (χ3v) is 7.51. The second kappa shape index (κ2) is 7.59. The van der Waals surface area contributed by atoms with Crippen molar-refractivity contribution in [2.75, 3.05) is 13.1 Å². The summed E-state index contributed by atoms with van der Waals surface area (Å²) in [6, 6.07) is 26.6. The van der Waals surface area contributed by atoms with E-state index in [0.717, 1.165) is 33.3 Å². The largest absolute Gasteiger partial charge is 0.356 e. The van der Waals surface area contributed by atoms with Gasteiger partial charge in [-0.2, -0.15) is 0 Å². The normalized spacial score (nSPS) is 22.1. The number of H-pyrrole nitrogens is 1. The second-order valence-electron chi connectivity index (χ2n) is 9.65. The number of carbonyl (C=O) groups is 2. The van der Waals surface area contributed by atoms with Gasteiger partial charge in [-0.25, -0.2) is 0 Å². The van der Waals surface area contributed by atoms with E-state index < -0.39 is 5.54 Å². The van der Waals surface area contributed by atoms with Crippen molar-refractivity contribution in [3.05, 3.63) is 107 Å². The summed E-state index contributed by atoms with van der Waals surface area (Å²) < 4.78 is 0. The summed E-state index contributed by atoms with van der Waals surface area (Å²) in [5.74, 6) is -0.0530. The number of benzene rings is 3. The van der Waals surface area contributed by atoms with E-state index in [2.05, 4.69) is 42.2 Å². The number of carbonyl (C=O) groups excluding carboxylic acids is 2. The number of rotatable bonds is 3. The lowest BCUT2D eigenvalue weighted by Crippen LogP contribution is -2.67. The highest BCUT2D eigenvalue weighted by Crippen LogP contribution is 2.48. The Labute approximate surface area is 199 Å². The molecule has 6 rings (SSSR count). The summed E-state index contributed by atoms with van der Waals surface area (Å²) in [6.07, 6.45) is 0. The molecule has 0 bridgehead atoms. The van der Waals surface area contributed by atoms with Gasteiger partial charge in [0.25, 0.3) is 5.91 Å². The van der Waals surface area contributed by atoms with Crippen molar-refractivity contribution >= 4 is 22.7 Å². The first-order chi connectivity index (χ1) is 16.5. The highest BCUT2D eigenvalue weighted by molar-refractivity contribution is 6.01. The number of hydrogen-bond donors (Lipinski definition) is 1. The SMILES string of the molecule is Cc1ccc(C2CN3C(=O)CN(Cc4ccccc4)C(=O)C3(C)c3[nH]c4ccccc4c32)cc1. The fourth-order valence-electron chi connectivity index (χ4n) is 5.71. The molecule has 2 atom stereocenters. The number of aromatic nitrogens is 1. The molecule has 2 aliphatic heterocycles.